The van der Waals surface area contributed by atoms with Gasteiger partial charge in [0.1, 0.15) is 21.3 Å². The van der Waals surface area contributed by atoms with Crippen molar-refractivity contribution in [3.05, 3.63) is 51.7 Å². The number of hydrogen-bond acceptors (Lipinski definition) is 5. The second-order valence-electron chi connectivity index (χ2n) is 5.98. The van der Waals surface area contributed by atoms with Crippen LogP contribution in [0.2, 0.25) is 0 Å². The van der Waals surface area contributed by atoms with E-state index in [-0.39, 0.29) is 4.88 Å². The zero-order valence-corrected chi connectivity index (χ0v) is 15.3. The lowest BCUT2D eigenvalue weighted by molar-refractivity contribution is -0.137. The van der Waals surface area contributed by atoms with Crippen LogP contribution >= 0.6 is 11.3 Å². The Morgan fingerprint density at radius 3 is 2.63 bits per heavy atom. The minimum absolute atomic E-state index is 0.200. The number of rotatable bonds is 5. The quantitative estimate of drug-likeness (QED) is 0.663. The molecule has 0 aliphatic carbocycles. The second-order valence-corrected chi connectivity index (χ2v) is 6.98. The number of hydrogen-bond donors (Lipinski definition) is 2. The molecule has 2 heterocycles. The zero-order valence-electron chi connectivity index (χ0n) is 14.5. The van der Waals surface area contributed by atoms with Gasteiger partial charge < -0.3 is 10.4 Å². The lowest BCUT2D eigenvalue weighted by Gasteiger charge is -2.09. The summed E-state index contributed by atoms with van der Waals surface area (Å²) < 4.78 is 38.5. The van der Waals surface area contributed by atoms with Gasteiger partial charge in [-0.3, -0.25) is 0 Å². The summed E-state index contributed by atoms with van der Waals surface area (Å²) in [6.45, 7) is 1.70. The fourth-order valence-electron chi connectivity index (χ4n) is 2.84. The molecule has 0 radical (unpaired) electrons. The maximum absolute atomic E-state index is 12.8. The first-order chi connectivity index (χ1) is 12.7. The minimum Gasteiger partial charge on any atom is -0.477 e. The van der Waals surface area contributed by atoms with Crippen LogP contribution in [0.15, 0.2) is 24.3 Å². The van der Waals surface area contributed by atoms with Gasteiger partial charge in [0.25, 0.3) is 0 Å². The van der Waals surface area contributed by atoms with Crippen molar-refractivity contribution >= 4 is 33.3 Å². The van der Waals surface area contributed by atoms with E-state index in [1.165, 1.54) is 6.07 Å². The summed E-state index contributed by atoms with van der Waals surface area (Å²) in [5.74, 6) is -0.0641. The number of alkyl halides is 3. The van der Waals surface area contributed by atoms with Crippen LogP contribution < -0.4 is 5.32 Å². The summed E-state index contributed by atoms with van der Waals surface area (Å²) in [5, 5.41) is 12.9. The number of aromatic nitrogens is 2. The molecule has 0 bridgehead atoms. The molecular formula is C18H16F3N3O2S. The molecule has 0 spiro atoms. The zero-order chi connectivity index (χ0) is 19.8. The van der Waals surface area contributed by atoms with Crippen molar-refractivity contribution in [2.45, 2.75) is 25.9 Å². The molecule has 0 aliphatic heterocycles. The van der Waals surface area contributed by atoms with E-state index in [1.54, 1.807) is 20.0 Å². The first-order valence-corrected chi connectivity index (χ1v) is 8.89. The molecule has 2 N–H and O–H groups in total. The Morgan fingerprint density at radius 2 is 2.00 bits per heavy atom. The molecule has 27 heavy (non-hydrogen) atoms. The van der Waals surface area contributed by atoms with Crippen LogP contribution in [0, 0.1) is 6.92 Å². The standard InChI is InChI=1S/C18H16F3N3O2S/c1-9-13-15(22-2)23-12(24-16(13)27-14(9)17(25)26)7-6-10-4-3-5-11(8-10)18(19,20)21/h3-5,8H,6-7H2,1-2H3,(H,25,26)(H,22,23,24). The van der Waals surface area contributed by atoms with Crippen molar-refractivity contribution in [1.82, 2.24) is 9.97 Å². The monoisotopic (exact) mass is 395 g/mol. The van der Waals surface area contributed by atoms with Crippen LogP contribution in [0.25, 0.3) is 10.2 Å². The average molecular weight is 395 g/mol. The van der Waals surface area contributed by atoms with E-state index in [4.69, 9.17) is 0 Å². The Kier molecular flexibility index (Phi) is 5.05. The van der Waals surface area contributed by atoms with Crippen LogP contribution in [-0.2, 0) is 19.0 Å². The highest BCUT2D eigenvalue weighted by Crippen LogP contribution is 2.34. The summed E-state index contributed by atoms with van der Waals surface area (Å²) in [6, 6.07) is 5.16. The Labute approximate surface area is 156 Å². The van der Waals surface area contributed by atoms with Gasteiger partial charge in [0.05, 0.1) is 10.9 Å². The summed E-state index contributed by atoms with van der Waals surface area (Å²) in [5.41, 5.74) is 0.441. The molecular weight excluding hydrogens is 379 g/mol. The molecule has 0 saturated carbocycles. The predicted octanol–water partition coefficient (Wildman–Crippen LogP) is 4.54. The molecule has 0 amide bonds. The van der Waals surface area contributed by atoms with E-state index in [1.807, 2.05) is 0 Å². The molecule has 5 nitrogen and oxygen atoms in total. The molecule has 9 heteroatoms. The van der Waals surface area contributed by atoms with Gasteiger partial charge in [0.2, 0.25) is 0 Å². The molecule has 0 fully saturated rings. The van der Waals surface area contributed by atoms with Crippen molar-refractivity contribution in [2.24, 2.45) is 0 Å². The number of carbonyl (C=O) groups is 1. The minimum atomic E-state index is -4.38. The molecule has 0 atom stereocenters. The number of halogens is 3. The highest BCUT2D eigenvalue weighted by atomic mass is 32.1. The number of nitrogens with one attached hydrogen (secondary N) is 1. The maximum Gasteiger partial charge on any atom is 0.416 e. The molecule has 1 aromatic carbocycles. The van der Waals surface area contributed by atoms with E-state index >= 15 is 0 Å². The third-order valence-electron chi connectivity index (χ3n) is 4.16. The van der Waals surface area contributed by atoms with Crippen LogP contribution in [0.3, 0.4) is 0 Å². The number of carboxylic acid groups (broad SMARTS) is 1. The molecule has 0 saturated heterocycles. The summed E-state index contributed by atoms with van der Waals surface area (Å²) in [7, 11) is 1.68. The summed E-state index contributed by atoms with van der Waals surface area (Å²) in [4.78, 5) is 20.9. The SMILES string of the molecule is CNc1nc(CCc2cccc(C(F)(F)F)c2)nc2sc(C(=O)O)c(C)c12. The number of nitrogens with zero attached hydrogens (tertiary/aromatic N) is 2. The number of carboxylic acids is 1. The van der Waals surface area contributed by atoms with Crippen LogP contribution in [0.5, 0.6) is 0 Å². The first kappa shape index (κ1) is 19.1. The van der Waals surface area contributed by atoms with Gasteiger partial charge in [0.15, 0.2) is 0 Å². The number of aryl methyl sites for hydroxylation is 3. The smallest absolute Gasteiger partial charge is 0.416 e. The fourth-order valence-corrected chi connectivity index (χ4v) is 3.88. The van der Waals surface area contributed by atoms with Crippen molar-refractivity contribution < 1.29 is 23.1 Å². The van der Waals surface area contributed by atoms with E-state index in [2.05, 4.69) is 15.3 Å². The fraction of sp³-hybridized carbons (Fsp3) is 0.278. The van der Waals surface area contributed by atoms with Gasteiger partial charge in [0, 0.05) is 13.5 Å². The number of aromatic carboxylic acids is 1. The maximum atomic E-state index is 12.8. The van der Waals surface area contributed by atoms with E-state index in [0.717, 1.165) is 23.5 Å². The highest BCUT2D eigenvalue weighted by Gasteiger charge is 2.30. The molecule has 2 aromatic heterocycles. The van der Waals surface area contributed by atoms with Crippen molar-refractivity contribution in [1.29, 1.82) is 0 Å². The van der Waals surface area contributed by atoms with Gasteiger partial charge in [-0.1, -0.05) is 18.2 Å². The Morgan fingerprint density at radius 1 is 1.26 bits per heavy atom. The third kappa shape index (κ3) is 3.87. The average Bonchev–Trinajstić information content (AvgIpc) is 2.96. The van der Waals surface area contributed by atoms with Crippen molar-refractivity contribution in [3.8, 4) is 0 Å². The van der Waals surface area contributed by atoms with E-state index < -0.39 is 17.7 Å². The number of anilines is 1. The Balaban J connectivity index is 1.91. The molecule has 142 valence electrons. The lowest BCUT2D eigenvalue weighted by atomic mass is 10.1. The lowest BCUT2D eigenvalue weighted by Crippen LogP contribution is -2.06. The summed E-state index contributed by atoms with van der Waals surface area (Å²) >= 11 is 1.06. The van der Waals surface area contributed by atoms with Gasteiger partial charge in [-0.2, -0.15) is 13.2 Å². The number of thiophene rings is 1. The van der Waals surface area contributed by atoms with Crippen LogP contribution in [0.4, 0.5) is 19.0 Å². The Bertz CT molecular complexity index is 1010. The second kappa shape index (κ2) is 7.15. The van der Waals surface area contributed by atoms with Crippen molar-refractivity contribution in [2.75, 3.05) is 12.4 Å². The van der Waals surface area contributed by atoms with E-state index in [0.29, 0.717) is 45.8 Å². The van der Waals surface area contributed by atoms with Gasteiger partial charge in [-0.15, -0.1) is 11.3 Å². The van der Waals surface area contributed by atoms with Crippen molar-refractivity contribution in [3.63, 3.8) is 0 Å². The van der Waals surface area contributed by atoms with Gasteiger partial charge in [-0.25, -0.2) is 14.8 Å². The highest BCUT2D eigenvalue weighted by molar-refractivity contribution is 7.20. The van der Waals surface area contributed by atoms with Crippen LogP contribution in [0.1, 0.15) is 32.2 Å². The molecule has 0 unspecified atom stereocenters. The topological polar surface area (TPSA) is 75.1 Å². The largest absolute Gasteiger partial charge is 0.477 e. The normalized spacial score (nSPS) is 11.7. The third-order valence-corrected chi connectivity index (χ3v) is 5.33. The number of benzene rings is 1. The predicted molar refractivity (Wildman–Crippen MR) is 97.5 cm³/mol. The molecule has 3 rings (SSSR count). The van der Waals surface area contributed by atoms with E-state index in [9.17, 15) is 23.1 Å². The van der Waals surface area contributed by atoms with Gasteiger partial charge in [-0.05, 0) is 30.5 Å². The number of fused-ring (bicyclic) bond motifs is 1. The molecule has 0 aliphatic rings. The molecule has 3 aromatic rings. The van der Waals surface area contributed by atoms with Crippen LogP contribution in [-0.4, -0.2) is 28.1 Å². The Hall–Kier alpha value is -2.68. The van der Waals surface area contributed by atoms with Gasteiger partial charge >= 0.3 is 12.1 Å². The summed E-state index contributed by atoms with van der Waals surface area (Å²) in [6.07, 6.45) is -3.70. The first-order valence-electron chi connectivity index (χ1n) is 8.08.